The van der Waals surface area contributed by atoms with E-state index in [1.54, 1.807) is 0 Å². The van der Waals surface area contributed by atoms with Crippen LogP contribution >= 0.6 is 24.0 Å². The van der Waals surface area contributed by atoms with Crippen molar-refractivity contribution in [3.05, 3.63) is 0 Å². The third kappa shape index (κ3) is 5.27. The van der Waals surface area contributed by atoms with E-state index in [9.17, 15) is 0 Å². The van der Waals surface area contributed by atoms with E-state index in [0.29, 0.717) is 11.5 Å². The molecule has 1 atom stereocenters. The molecule has 0 spiro atoms. The van der Waals surface area contributed by atoms with Crippen LogP contribution in [0.5, 0.6) is 0 Å². The predicted molar refractivity (Wildman–Crippen MR) is 102 cm³/mol. The van der Waals surface area contributed by atoms with Gasteiger partial charge >= 0.3 is 0 Å². The number of likely N-dealkylation sites (N-methyl/N-ethyl adjacent to an activating group) is 1. The van der Waals surface area contributed by atoms with Gasteiger partial charge in [-0.2, -0.15) is 0 Å². The summed E-state index contributed by atoms with van der Waals surface area (Å²) in [5.41, 5.74) is 0.506. The van der Waals surface area contributed by atoms with Crippen molar-refractivity contribution >= 4 is 29.9 Å². The highest BCUT2D eigenvalue weighted by Crippen LogP contribution is 2.43. The molecule has 0 radical (unpaired) electrons. The van der Waals surface area contributed by atoms with Gasteiger partial charge in [0.2, 0.25) is 0 Å². The molecule has 1 saturated heterocycles. The van der Waals surface area contributed by atoms with Crippen LogP contribution in [0.4, 0.5) is 0 Å². The standard InChI is InChI=1S/C16H32N4.HI/c1-4-16(9-7-10-16)13-19-15(17-5-2)18-12-14-8-6-11-20(14)3;/h14H,4-13H2,1-3H3,(H2,17,18,19);1H. The third-order valence-corrected chi connectivity index (χ3v) is 5.26. The van der Waals surface area contributed by atoms with Crippen molar-refractivity contribution in [1.29, 1.82) is 0 Å². The van der Waals surface area contributed by atoms with Gasteiger partial charge in [0.1, 0.15) is 0 Å². The van der Waals surface area contributed by atoms with Gasteiger partial charge in [-0.15, -0.1) is 24.0 Å². The molecule has 124 valence electrons. The molecule has 4 nitrogen and oxygen atoms in total. The highest BCUT2D eigenvalue weighted by molar-refractivity contribution is 14.0. The first-order chi connectivity index (χ1) is 9.69. The predicted octanol–water partition coefficient (Wildman–Crippen LogP) is 2.83. The van der Waals surface area contributed by atoms with E-state index >= 15 is 0 Å². The molecule has 0 aromatic carbocycles. The highest BCUT2D eigenvalue weighted by atomic mass is 127. The average Bonchev–Trinajstić information content (AvgIpc) is 2.80. The Labute approximate surface area is 147 Å². The molecule has 21 heavy (non-hydrogen) atoms. The van der Waals surface area contributed by atoms with Gasteiger partial charge in [0.25, 0.3) is 0 Å². The van der Waals surface area contributed by atoms with Crippen molar-refractivity contribution in [2.75, 3.05) is 33.2 Å². The van der Waals surface area contributed by atoms with Crippen molar-refractivity contribution < 1.29 is 0 Å². The van der Waals surface area contributed by atoms with E-state index in [0.717, 1.165) is 25.6 Å². The van der Waals surface area contributed by atoms with E-state index in [4.69, 9.17) is 4.99 Å². The fourth-order valence-electron chi connectivity index (χ4n) is 3.34. The molecule has 1 aliphatic heterocycles. The summed E-state index contributed by atoms with van der Waals surface area (Å²) in [5.74, 6) is 1.01. The monoisotopic (exact) mass is 408 g/mol. The van der Waals surface area contributed by atoms with Gasteiger partial charge in [-0.25, -0.2) is 0 Å². The number of hydrogen-bond acceptors (Lipinski definition) is 2. The van der Waals surface area contributed by atoms with Crippen molar-refractivity contribution in [2.24, 2.45) is 10.4 Å². The van der Waals surface area contributed by atoms with E-state index < -0.39 is 0 Å². The maximum absolute atomic E-state index is 4.84. The lowest BCUT2D eigenvalue weighted by molar-refractivity contribution is 0.139. The van der Waals surface area contributed by atoms with Crippen LogP contribution in [0.15, 0.2) is 4.99 Å². The zero-order valence-corrected chi connectivity index (χ0v) is 16.3. The summed E-state index contributed by atoms with van der Waals surface area (Å²) in [7, 11) is 2.23. The van der Waals surface area contributed by atoms with E-state index in [-0.39, 0.29) is 24.0 Å². The Morgan fingerprint density at radius 1 is 1.24 bits per heavy atom. The van der Waals surface area contributed by atoms with Gasteiger partial charge in [0, 0.05) is 25.7 Å². The van der Waals surface area contributed by atoms with E-state index in [1.165, 1.54) is 45.1 Å². The number of nitrogens with one attached hydrogen (secondary N) is 2. The molecule has 2 fully saturated rings. The van der Waals surface area contributed by atoms with Crippen LogP contribution in [-0.4, -0.2) is 50.1 Å². The minimum atomic E-state index is 0. The average molecular weight is 408 g/mol. The fourth-order valence-corrected chi connectivity index (χ4v) is 3.34. The number of likely N-dealkylation sites (tertiary alicyclic amines) is 1. The number of hydrogen-bond donors (Lipinski definition) is 2. The van der Waals surface area contributed by atoms with E-state index in [1.807, 2.05) is 0 Å². The second-order valence-electron chi connectivity index (χ2n) is 6.56. The quantitative estimate of drug-likeness (QED) is 0.404. The Kier molecular flexibility index (Phi) is 8.31. The van der Waals surface area contributed by atoms with Crippen molar-refractivity contribution in [3.63, 3.8) is 0 Å². The lowest BCUT2D eigenvalue weighted by Crippen LogP contribution is -2.44. The molecule has 1 aliphatic carbocycles. The van der Waals surface area contributed by atoms with Crippen LogP contribution in [0, 0.1) is 5.41 Å². The van der Waals surface area contributed by atoms with Gasteiger partial charge in [0.15, 0.2) is 5.96 Å². The normalized spacial score (nSPS) is 25.1. The van der Waals surface area contributed by atoms with Crippen LogP contribution in [0.25, 0.3) is 0 Å². The molecule has 0 aromatic rings. The summed E-state index contributed by atoms with van der Waals surface area (Å²) < 4.78 is 0. The van der Waals surface area contributed by atoms with Crippen molar-refractivity contribution in [2.45, 2.75) is 58.4 Å². The minimum Gasteiger partial charge on any atom is -0.357 e. The smallest absolute Gasteiger partial charge is 0.191 e. The second-order valence-corrected chi connectivity index (χ2v) is 6.56. The first kappa shape index (κ1) is 19.0. The Morgan fingerprint density at radius 2 is 2.00 bits per heavy atom. The van der Waals surface area contributed by atoms with Gasteiger partial charge in [-0.3, -0.25) is 4.99 Å². The number of guanidine groups is 1. The molecule has 2 rings (SSSR count). The molecule has 0 aromatic heterocycles. The first-order valence-electron chi connectivity index (χ1n) is 8.41. The summed E-state index contributed by atoms with van der Waals surface area (Å²) in [4.78, 5) is 7.29. The van der Waals surface area contributed by atoms with Gasteiger partial charge < -0.3 is 15.5 Å². The summed E-state index contributed by atoms with van der Waals surface area (Å²) in [6.07, 6.45) is 8.01. The molecule has 1 heterocycles. The summed E-state index contributed by atoms with van der Waals surface area (Å²) in [6.45, 7) is 8.62. The molecular weight excluding hydrogens is 375 g/mol. The topological polar surface area (TPSA) is 39.7 Å². The van der Waals surface area contributed by atoms with Gasteiger partial charge in [-0.05, 0) is 58.0 Å². The van der Waals surface area contributed by atoms with Crippen LogP contribution in [0.2, 0.25) is 0 Å². The number of nitrogens with zero attached hydrogens (tertiary/aromatic N) is 2. The molecule has 2 aliphatic rings. The lowest BCUT2D eigenvalue weighted by Gasteiger charge is -2.40. The largest absolute Gasteiger partial charge is 0.357 e. The Morgan fingerprint density at radius 3 is 2.48 bits per heavy atom. The van der Waals surface area contributed by atoms with Crippen LogP contribution in [0.1, 0.15) is 52.4 Å². The van der Waals surface area contributed by atoms with Crippen LogP contribution in [-0.2, 0) is 0 Å². The second kappa shape index (κ2) is 9.18. The number of aliphatic imine (C=N–C) groups is 1. The van der Waals surface area contributed by atoms with Crippen LogP contribution in [0.3, 0.4) is 0 Å². The Hall–Kier alpha value is -0.0400. The van der Waals surface area contributed by atoms with Crippen molar-refractivity contribution in [1.82, 2.24) is 15.5 Å². The minimum absolute atomic E-state index is 0. The SMILES string of the molecule is CCNC(=NCC1(CC)CCC1)NCC1CCCN1C.I. The molecule has 1 unspecified atom stereocenters. The summed E-state index contributed by atoms with van der Waals surface area (Å²) >= 11 is 0. The molecule has 1 saturated carbocycles. The van der Waals surface area contributed by atoms with Gasteiger partial charge in [-0.1, -0.05) is 13.3 Å². The van der Waals surface area contributed by atoms with Crippen LogP contribution < -0.4 is 10.6 Å². The molecule has 0 bridgehead atoms. The highest BCUT2D eigenvalue weighted by Gasteiger charge is 2.34. The molecule has 0 amide bonds. The zero-order valence-electron chi connectivity index (χ0n) is 14.0. The number of halogens is 1. The summed E-state index contributed by atoms with van der Waals surface area (Å²) in [5, 5.41) is 6.92. The maximum Gasteiger partial charge on any atom is 0.191 e. The Balaban J connectivity index is 0.00000220. The first-order valence-corrected chi connectivity index (χ1v) is 8.41. The summed E-state index contributed by atoms with van der Waals surface area (Å²) in [6, 6.07) is 0.669. The zero-order chi connectivity index (χ0) is 14.4. The lowest BCUT2D eigenvalue weighted by atomic mass is 9.67. The van der Waals surface area contributed by atoms with Crippen molar-refractivity contribution in [3.8, 4) is 0 Å². The number of rotatable bonds is 6. The van der Waals surface area contributed by atoms with E-state index in [2.05, 4.69) is 36.4 Å². The Bertz CT molecular complexity index is 323. The molecule has 5 heteroatoms. The third-order valence-electron chi connectivity index (χ3n) is 5.26. The molecule has 2 N–H and O–H groups in total. The molecular formula is C16H33IN4. The fraction of sp³-hybridized carbons (Fsp3) is 0.938. The maximum atomic E-state index is 4.84. The van der Waals surface area contributed by atoms with Gasteiger partial charge in [0.05, 0.1) is 0 Å².